The molecule has 0 unspecified atom stereocenters. The maximum atomic E-state index is 10.8. The number of carboxylic acid groups (broad SMARTS) is 1. The number of carbonyl (C=O) groups is 1. The molecule has 1 fully saturated rings. The fourth-order valence-corrected chi connectivity index (χ4v) is 3.06. The molecule has 1 aromatic heterocycles. The van der Waals surface area contributed by atoms with Crippen LogP contribution in [-0.4, -0.2) is 46.3 Å². The van der Waals surface area contributed by atoms with E-state index >= 15 is 0 Å². The zero-order valence-electron chi connectivity index (χ0n) is 12.3. The summed E-state index contributed by atoms with van der Waals surface area (Å²) < 4.78 is 5.26. The molecule has 3 rings (SSSR count). The molecule has 0 aliphatic heterocycles. The predicted molar refractivity (Wildman–Crippen MR) is 84.3 cm³/mol. The van der Waals surface area contributed by atoms with Gasteiger partial charge in [-0.05, 0) is 37.6 Å². The van der Waals surface area contributed by atoms with Crippen LogP contribution in [0.5, 0.6) is 0 Å². The van der Waals surface area contributed by atoms with Gasteiger partial charge < -0.3 is 14.9 Å². The molecule has 7 heteroatoms. The molecule has 1 aromatic carbocycles. The summed E-state index contributed by atoms with van der Waals surface area (Å²) in [4.78, 5) is 12.8. The quantitative estimate of drug-likeness (QED) is 0.851. The highest BCUT2D eigenvalue weighted by Crippen LogP contribution is 2.32. The van der Waals surface area contributed by atoms with E-state index < -0.39 is 5.97 Å². The van der Waals surface area contributed by atoms with E-state index in [9.17, 15) is 4.79 Å². The van der Waals surface area contributed by atoms with E-state index in [1.807, 2.05) is 17.9 Å². The van der Waals surface area contributed by atoms with E-state index in [1.54, 1.807) is 12.1 Å². The van der Waals surface area contributed by atoms with Crippen molar-refractivity contribution in [1.82, 2.24) is 10.1 Å². The summed E-state index contributed by atoms with van der Waals surface area (Å²) in [6.45, 7) is 2.82. The minimum atomic E-state index is -0.782. The number of aromatic nitrogens is 1. The molecule has 0 atom stereocenters. The number of halogens is 1. The van der Waals surface area contributed by atoms with Gasteiger partial charge in [-0.1, -0.05) is 23.7 Å². The molecule has 0 amide bonds. The van der Waals surface area contributed by atoms with Crippen LogP contribution >= 0.6 is 11.6 Å². The van der Waals surface area contributed by atoms with Crippen molar-refractivity contribution in [3.63, 3.8) is 0 Å². The lowest BCUT2D eigenvalue weighted by Gasteiger charge is -2.42. The van der Waals surface area contributed by atoms with Crippen molar-refractivity contribution in [3.05, 3.63) is 23.2 Å². The first-order valence-electron chi connectivity index (χ1n) is 7.34. The SMILES string of the molecule is CCN(CC(=O)O)C1CC(Nc2noc3ccc(Cl)cc23)C1. The second-order valence-corrected chi connectivity index (χ2v) is 6.03. The van der Waals surface area contributed by atoms with Crippen LogP contribution < -0.4 is 5.32 Å². The average molecular weight is 324 g/mol. The number of nitrogens with zero attached hydrogens (tertiary/aromatic N) is 2. The second-order valence-electron chi connectivity index (χ2n) is 5.59. The Hall–Kier alpha value is -1.79. The fourth-order valence-electron chi connectivity index (χ4n) is 2.88. The largest absolute Gasteiger partial charge is 0.480 e. The molecule has 22 heavy (non-hydrogen) atoms. The zero-order valence-corrected chi connectivity index (χ0v) is 13.0. The monoisotopic (exact) mass is 323 g/mol. The average Bonchev–Trinajstić information content (AvgIpc) is 2.82. The molecule has 0 bridgehead atoms. The number of hydrogen-bond donors (Lipinski definition) is 2. The standard InChI is InChI=1S/C15H18ClN3O3/c1-2-19(8-14(20)21)11-6-10(7-11)17-15-12-5-9(16)3-4-13(12)22-18-15/h3-5,10-11H,2,6-8H2,1H3,(H,17,18)(H,20,21). The molecule has 1 saturated carbocycles. The van der Waals surface area contributed by atoms with Gasteiger partial charge in [-0.25, -0.2) is 0 Å². The normalized spacial score (nSPS) is 21.0. The minimum Gasteiger partial charge on any atom is -0.480 e. The van der Waals surface area contributed by atoms with Crippen LogP contribution in [0.2, 0.25) is 5.02 Å². The second kappa shape index (κ2) is 6.14. The first-order chi connectivity index (χ1) is 10.6. The molecule has 2 aromatic rings. The molecular weight excluding hydrogens is 306 g/mol. The Balaban J connectivity index is 1.61. The molecule has 1 aliphatic carbocycles. The van der Waals surface area contributed by atoms with Crippen molar-refractivity contribution in [3.8, 4) is 0 Å². The number of benzene rings is 1. The highest BCUT2D eigenvalue weighted by atomic mass is 35.5. The number of anilines is 1. The molecule has 118 valence electrons. The number of likely N-dealkylation sites (N-methyl/N-ethyl adjacent to an activating group) is 1. The minimum absolute atomic E-state index is 0.0936. The third-order valence-corrected chi connectivity index (χ3v) is 4.38. The smallest absolute Gasteiger partial charge is 0.317 e. The van der Waals surface area contributed by atoms with Crippen LogP contribution in [0.3, 0.4) is 0 Å². The van der Waals surface area contributed by atoms with Crippen LogP contribution in [0.15, 0.2) is 22.7 Å². The Kier molecular flexibility index (Phi) is 4.22. The Bertz CT molecular complexity index is 682. The molecule has 1 heterocycles. The number of carboxylic acids is 1. The highest BCUT2D eigenvalue weighted by Gasteiger charge is 2.34. The van der Waals surface area contributed by atoms with E-state index in [-0.39, 0.29) is 12.6 Å². The lowest BCUT2D eigenvalue weighted by atomic mass is 9.85. The van der Waals surface area contributed by atoms with Gasteiger partial charge in [-0.3, -0.25) is 9.69 Å². The molecule has 0 radical (unpaired) electrons. The summed E-state index contributed by atoms with van der Waals surface area (Å²) in [5, 5.41) is 17.8. The Morgan fingerprint density at radius 2 is 2.32 bits per heavy atom. The van der Waals surface area contributed by atoms with E-state index in [2.05, 4.69) is 10.5 Å². The van der Waals surface area contributed by atoms with Crippen LogP contribution in [-0.2, 0) is 4.79 Å². The number of rotatable bonds is 6. The van der Waals surface area contributed by atoms with Crippen molar-refractivity contribution in [2.24, 2.45) is 0 Å². The van der Waals surface area contributed by atoms with Gasteiger partial charge in [0.2, 0.25) is 0 Å². The molecule has 0 spiro atoms. The third-order valence-electron chi connectivity index (χ3n) is 4.15. The summed E-state index contributed by atoms with van der Waals surface area (Å²) in [5.41, 5.74) is 0.698. The lowest BCUT2D eigenvalue weighted by Crippen LogP contribution is -2.51. The Labute approximate surface area is 133 Å². The Morgan fingerprint density at radius 1 is 1.55 bits per heavy atom. The number of nitrogens with one attached hydrogen (secondary N) is 1. The number of hydrogen-bond acceptors (Lipinski definition) is 5. The van der Waals surface area contributed by atoms with Gasteiger partial charge in [-0.2, -0.15) is 0 Å². The van der Waals surface area contributed by atoms with E-state index in [0.29, 0.717) is 22.5 Å². The van der Waals surface area contributed by atoms with E-state index in [0.717, 1.165) is 24.8 Å². The van der Waals surface area contributed by atoms with Crippen LogP contribution in [0, 0.1) is 0 Å². The number of fused-ring (bicyclic) bond motifs is 1. The highest BCUT2D eigenvalue weighted by molar-refractivity contribution is 6.31. The van der Waals surface area contributed by atoms with Crippen LogP contribution in [0.1, 0.15) is 19.8 Å². The predicted octanol–water partition coefficient (Wildman–Crippen LogP) is 2.83. The fraction of sp³-hybridized carbons (Fsp3) is 0.467. The maximum Gasteiger partial charge on any atom is 0.317 e. The zero-order chi connectivity index (χ0) is 15.7. The lowest BCUT2D eigenvalue weighted by molar-refractivity contribution is -0.139. The first-order valence-corrected chi connectivity index (χ1v) is 7.72. The molecule has 2 N–H and O–H groups in total. The van der Waals surface area contributed by atoms with Gasteiger partial charge in [-0.15, -0.1) is 0 Å². The van der Waals surface area contributed by atoms with Gasteiger partial charge in [0.25, 0.3) is 0 Å². The van der Waals surface area contributed by atoms with Gasteiger partial charge in [0, 0.05) is 17.1 Å². The van der Waals surface area contributed by atoms with E-state index in [1.165, 1.54) is 0 Å². The summed E-state index contributed by atoms with van der Waals surface area (Å²) in [5.74, 6) is -0.0855. The molecule has 6 nitrogen and oxygen atoms in total. The summed E-state index contributed by atoms with van der Waals surface area (Å²) in [6.07, 6.45) is 1.80. The molecule has 1 aliphatic rings. The maximum absolute atomic E-state index is 10.8. The summed E-state index contributed by atoms with van der Waals surface area (Å²) >= 11 is 6.00. The van der Waals surface area contributed by atoms with Crippen molar-refractivity contribution in [2.75, 3.05) is 18.4 Å². The van der Waals surface area contributed by atoms with Crippen molar-refractivity contribution < 1.29 is 14.4 Å². The van der Waals surface area contributed by atoms with Crippen LogP contribution in [0.4, 0.5) is 5.82 Å². The summed E-state index contributed by atoms with van der Waals surface area (Å²) in [6, 6.07) is 5.98. The topological polar surface area (TPSA) is 78.6 Å². The number of aliphatic carboxylic acids is 1. The van der Waals surface area contributed by atoms with Crippen molar-refractivity contribution in [2.45, 2.75) is 31.8 Å². The third kappa shape index (κ3) is 3.03. The van der Waals surface area contributed by atoms with Gasteiger partial charge >= 0.3 is 5.97 Å². The van der Waals surface area contributed by atoms with Crippen LogP contribution in [0.25, 0.3) is 11.0 Å². The molecular formula is C15H18ClN3O3. The van der Waals surface area contributed by atoms with Crippen molar-refractivity contribution >= 4 is 34.4 Å². The first kappa shape index (κ1) is 15.1. The van der Waals surface area contributed by atoms with Gasteiger partial charge in [0.15, 0.2) is 11.4 Å². The van der Waals surface area contributed by atoms with Crippen molar-refractivity contribution in [1.29, 1.82) is 0 Å². The summed E-state index contributed by atoms with van der Waals surface area (Å²) in [7, 11) is 0. The van der Waals surface area contributed by atoms with Gasteiger partial charge in [0.05, 0.1) is 11.9 Å². The van der Waals surface area contributed by atoms with Gasteiger partial charge in [0.1, 0.15) is 0 Å². The Morgan fingerprint density at radius 3 is 3.00 bits per heavy atom. The van der Waals surface area contributed by atoms with E-state index in [4.69, 9.17) is 21.2 Å². The molecule has 0 saturated heterocycles.